The van der Waals surface area contributed by atoms with E-state index in [0.717, 1.165) is 22.2 Å². The van der Waals surface area contributed by atoms with Crippen LogP contribution in [0.1, 0.15) is 16.8 Å². The molecule has 3 rings (SSSR count). The Kier molecular flexibility index (Phi) is 3.95. The molecule has 0 fully saturated rings. The van der Waals surface area contributed by atoms with Crippen LogP contribution >= 0.6 is 0 Å². The number of pyridine rings is 1. The molecule has 6 heteroatoms. The summed E-state index contributed by atoms with van der Waals surface area (Å²) in [5, 5.41) is 21.7. The van der Waals surface area contributed by atoms with Crippen molar-refractivity contribution in [1.82, 2.24) is 4.98 Å². The highest BCUT2D eigenvalue weighted by molar-refractivity contribution is 5.95. The minimum atomic E-state index is -0.511. The van der Waals surface area contributed by atoms with E-state index in [4.69, 9.17) is 0 Å². The maximum atomic E-state index is 10.9. The Morgan fingerprint density at radius 3 is 2.75 bits per heavy atom. The van der Waals surface area contributed by atoms with Crippen molar-refractivity contribution in [3.8, 4) is 5.75 Å². The van der Waals surface area contributed by atoms with Crippen molar-refractivity contribution < 1.29 is 10.0 Å². The van der Waals surface area contributed by atoms with Crippen LogP contribution in [0.5, 0.6) is 5.75 Å². The zero-order valence-electron chi connectivity index (χ0n) is 13.2. The summed E-state index contributed by atoms with van der Waals surface area (Å²) in [5.41, 5.74) is 3.58. The lowest BCUT2D eigenvalue weighted by Gasteiger charge is -2.06. The molecule has 0 amide bonds. The van der Waals surface area contributed by atoms with Crippen LogP contribution in [-0.2, 0) is 0 Å². The number of hydrogen-bond donors (Lipinski definition) is 1. The Morgan fingerprint density at radius 2 is 2.00 bits per heavy atom. The number of aromatic hydroxyl groups is 1. The first-order chi connectivity index (χ1) is 11.5. The Morgan fingerprint density at radius 1 is 1.21 bits per heavy atom. The SMILES string of the molecule is Cc1cc(C)c2cccc(N=Cc3cc([N+](=O)[O-])ccc3O)c2n1. The third-order valence-corrected chi connectivity index (χ3v) is 3.72. The van der Waals surface area contributed by atoms with Gasteiger partial charge in [-0.05, 0) is 37.6 Å². The van der Waals surface area contributed by atoms with Crippen molar-refractivity contribution >= 4 is 28.5 Å². The van der Waals surface area contributed by atoms with Crippen LogP contribution in [0.25, 0.3) is 10.9 Å². The molecule has 0 aliphatic carbocycles. The molecular formula is C18H15N3O3. The molecular weight excluding hydrogens is 306 g/mol. The zero-order chi connectivity index (χ0) is 17.3. The number of aromatic nitrogens is 1. The number of fused-ring (bicyclic) bond motifs is 1. The van der Waals surface area contributed by atoms with Crippen LogP contribution in [0.15, 0.2) is 47.5 Å². The summed E-state index contributed by atoms with van der Waals surface area (Å²) in [6.07, 6.45) is 1.41. The van der Waals surface area contributed by atoms with Crippen molar-refractivity contribution in [3.05, 3.63) is 69.4 Å². The first kappa shape index (κ1) is 15.6. The highest BCUT2D eigenvalue weighted by atomic mass is 16.6. The van der Waals surface area contributed by atoms with E-state index in [-0.39, 0.29) is 17.0 Å². The van der Waals surface area contributed by atoms with Gasteiger partial charge < -0.3 is 5.11 Å². The molecule has 0 spiro atoms. The second kappa shape index (κ2) is 6.08. The third kappa shape index (κ3) is 2.94. The number of nitrogens with zero attached hydrogens (tertiary/aromatic N) is 3. The second-order valence-electron chi connectivity index (χ2n) is 5.51. The number of hydrogen-bond acceptors (Lipinski definition) is 5. The fraction of sp³-hybridized carbons (Fsp3) is 0.111. The highest BCUT2D eigenvalue weighted by Gasteiger charge is 2.09. The predicted octanol–water partition coefficient (Wildman–Crippen LogP) is 4.22. The van der Waals surface area contributed by atoms with E-state index in [1.54, 1.807) is 0 Å². The average molecular weight is 321 g/mol. The highest BCUT2D eigenvalue weighted by Crippen LogP contribution is 2.28. The first-order valence-electron chi connectivity index (χ1n) is 7.34. The Balaban J connectivity index is 2.09. The smallest absolute Gasteiger partial charge is 0.270 e. The van der Waals surface area contributed by atoms with Crippen LogP contribution in [0.2, 0.25) is 0 Å². The number of benzene rings is 2. The molecule has 120 valence electrons. The van der Waals surface area contributed by atoms with Crippen LogP contribution in [-0.4, -0.2) is 21.2 Å². The number of non-ortho nitro benzene ring substituents is 1. The van der Waals surface area contributed by atoms with Gasteiger partial charge in [-0.15, -0.1) is 0 Å². The topological polar surface area (TPSA) is 88.6 Å². The number of phenols is 1. The van der Waals surface area contributed by atoms with Gasteiger partial charge in [0.2, 0.25) is 0 Å². The van der Waals surface area contributed by atoms with Crippen LogP contribution in [0.3, 0.4) is 0 Å². The van der Waals surface area contributed by atoms with E-state index in [0.29, 0.717) is 5.69 Å². The average Bonchev–Trinajstić information content (AvgIpc) is 2.54. The molecule has 2 aromatic carbocycles. The molecule has 0 radical (unpaired) electrons. The van der Waals surface area contributed by atoms with Gasteiger partial charge in [0.15, 0.2) is 0 Å². The number of aryl methyl sites for hydroxylation is 2. The Labute approximate surface area is 138 Å². The van der Waals surface area contributed by atoms with Gasteiger partial charge in [0.25, 0.3) is 5.69 Å². The molecule has 0 aliphatic heterocycles. The van der Waals surface area contributed by atoms with Gasteiger partial charge in [0, 0.05) is 35.0 Å². The summed E-state index contributed by atoms with van der Waals surface area (Å²) in [6.45, 7) is 3.93. The van der Waals surface area contributed by atoms with Crippen molar-refractivity contribution in [1.29, 1.82) is 0 Å². The number of phenolic OH excluding ortho intramolecular Hbond substituents is 1. The lowest BCUT2D eigenvalue weighted by atomic mass is 10.1. The molecule has 1 heterocycles. The van der Waals surface area contributed by atoms with Crippen LogP contribution in [0, 0.1) is 24.0 Å². The molecule has 0 saturated heterocycles. The number of nitro groups is 1. The van der Waals surface area contributed by atoms with E-state index < -0.39 is 4.92 Å². The number of aliphatic imine (C=N–C) groups is 1. The number of rotatable bonds is 3. The molecule has 0 aliphatic rings. The maximum Gasteiger partial charge on any atom is 0.270 e. The molecule has 24 heavy (non-hydrogen) atoms. The monoisotopic (exact) mass is 321 g/mol. The minimum absolute atomic E-state index is 0.0649. The number of para-hydroxylation sites is 1. The predicted molar refractivity (Wildman–Crippen MR) is 93.2 cm³/mol. The second-order valence-corrected chi connectivity index (χ2v) is 5.51. The van der Waals surface area contributed by atoms with Crippen molar-refractivity contribution in [2.45, 2.75) is 13.8 Å². The first-order valence-corrected chi connectivity index (χ1v) is 7.34. The van der Waals surface area contributed by atoms with Gasteiger partial charge in [0.05, 0.1) is 16.1 Å². The Hall–Kier alpha value is -3.28. The molecule has 1 aromatic heterocycles. The molecule has 0 saturated carbocycles. The fourth-order valence-corrected chi connectivity index (χ4v) is 2.57. The van der Waals surface area contributed by atoms with Gasteiger partial charge in [-0.1, -0.05) is 12.1 Å². The van der Waals surface area contributed by atoms with E-state index in [2.05, 4.69) is 9.98 Å². The van der Waals surface area contributed by atoms with E-state index >= 15 is 0 Å². The molecule has 0 atom stereocenters. The molecule has 0 bridgehead atoms. The van der Waals surface area contributed by atoms with Gasteiger partial charge >= 0.3 is 0 Å². The van der Waals surface area contributed by atoms with Crippen LogP contribution < -0.4 is 0 Å². The van der Waals surface area contributed by atoms with Gasteiger partial charge in [0.1, 0.15) is 5.75 Å². The standard InChI is InChI=1S/C18H15N3O3/c1-11-8-12(2)20-18-15(11)4-3-5-16(18)19-10-13-9-14(21(23)24)6-7-17(13)22/h3-10,22H,1-2H3. The quantitative estimate of drug-likeness (QED) is 0.444. The maximum absolute atomic E-state index is 10.9. The minimum Gasteiger partial charge on any atom is -0.507 e. The normalized spacial score (nSPS) is 11.2. The molecule has 1 N–H and O–H groups in total. The fourth-order valence-electron chi connectivity index (χ4n) is 2.57. The molecule has 0 unspecified atom stereocenters. The molecule has 3 aromatic rings. The van der Waals surface area contributed by atoms with Crippen molar-refractivity contribution in [2.75, 3.05) is 0 Å². The summed E-state index contributed by atoms with van der Waals surface area (Å²) in [7, 11) is 0. The largest absolute Gasteiger partial charge is 0.507 e. The number of nitro benzene ring substituents is 1. The molecule has 6 nitrogen and oxygen atoms in total. The summed E-state index contributed by atoms with van der Waals surface area (Å²) in [6, 6.07) is 11.5. The van der Waals surface area contributed by atoms with E-state index in [1.807, 2.05) is 38.1 Å². The lowest BCUT2D eigenvalue weighted by Crippen LogP contribution is -1.91. The van der Waals surface area contributed by atoms with Gasteiger partial charge in [-0.25, -0.2) is 0 Å². The summed E-state index contributed by atoms with van der Waals surface area (Å²) < 4.78 is 0. The van der Waals surface area contributed by atoms with E-state index in [1.165, 1.54) is 24.4 Å². The third-order valence-electron chi connectivity index (χ3n) is 3.72. The van der Waals surface area contributed by atoms with Gasteiger partial charge in [-0.2, -0.15) is 0 Å². The van der Waals surface area contributed by atoms with E-state index in [9.17, 15) is 15.2 Å². The summed E-state index contributed by atoms with van der Waals surface area (Å²) in [5.74, 6) is -0.0649. The summed E-state index contributed by atoms with van der Waals surface area (Å²) in [4.78, 5) is 19.3. The van der Waals surface area contributed by atoms with Crippen LogP contribution in [0.4, 0.5) is 11.4 Å². The zero-order valence-corrected chi connectivity index (χ0v) is 13.2. The van der Waals surface area contributed by atoms with Gasteiger partial charge in [-0.3, -0.25) is 20.1 Å². The lowest BCUT2D eigenvalue weighted by molar-refractivity contribution is -0.384. The Bertz CT molecular complexity index is 981. The summed E-state index contributed by atoms with van der Waals surface area (Å²) >= 11 is 0. The van der Waals surface area contributed by atoms with Crippen molar-refractivity contribution in [3.63, 3.8) is 0 Å². The van der Waals surface area contributed by atoms with Crippen molar-refractivity contribution in [2.24, 2.45) is 4.99 Å².